The first-order chi connectivity index (χ1) is 9.70. The molecule has 3 heteroatoms. The monoisotopic (exact) mass is 343 g/mol. The average Bonchev–Trinajstić information content (AvgIpc) is 2.42. The molecule has 0 aliphatic carbocycles. The van der Waals surface area contributed by atoms with Gasteiger partial charge in [0.15, 0.2) is 0 Å². The van der Waals surface area contributed by atoms with Crippen LogP contribution in [0.3, 0.4) is 0 Å². The summed E-state index contributed by atoms with van der Waals surface area (Å²) in [6, 6.07) is 5.33. The molecule has 0 heterocycles. The Hall–Kier alpha value is -0.410. The van der Waals surface area contributed by atoms with E-state index in [1.165, 1.54) is 32.1 Å². The van der Waals surface area contributed by atoms with E-state index in [1.54, 1.807) is 12.1 Å². The van der Waals surface area contributed by atoms with Crippen LogP contribution in [0.4, 0.5) is 4.39 Å². The summed E-state index contributed by atoms with van der Waals surface area (Å²) in [7, 11) is 0. The van der Waals surface area contributed by atoms with Crippen LogP contribution in [0.25, 0.3) is 0 Å². The van der Waals surface area contributed by atoms with E-state index in [2.05, 4.69) is 35.1 Å². The van der Waals surface area contributed by atoms with Crippen molar-refractivity contribution in [3.05, 3.63) is 34.1 Å². The van der Waals surface area contributed by atoms with Gasteiger partial charge in [-0.15, -0.1) is 0 Å². The molecule has 0 spiro atoms. The topological polar surface area (TPSA) is 12.0 Å². The summed E-state index contributed by atoms with van der Waals surface area (Å²) in [6.45, 7) is 5.17. The molecule has 0 saturated heterocycles. The molecule has 0 aromatic heterocycles. The second-order valence-corrected chi connectivity index (χ2v) is 6.16. The van der Waals surface area contributed by atoms with Crippen LogP contribution in [-0.4, -0.2) is 6.54 Å². The molecular formula is C17H27BrFN. The van der Waals surface area contributed by atoms with Gasteiger partial charge >= 0.3 is 0 Å². The van der Waals surface area contributed by atoms with E-state index in [-0.39, 0.29) is 11.9 Å². The smallest absolute Gasteiger partial charge is 0.129 e. The minimum Gasteiger partial charge on any atom is -0.310 e. The molecule has 0 saturated carbocycles. The SMILES string of the molecule is CCCCCCCCC(NCC)c1c(F)cccc1Br. The molecule has 0 aliphatic rings. The molecule has 0 bridgehead atoms. The lowest BCUT2D eigenvalue weighted by Gasteiger charge is -2.20. The third kappa shape index (κ3) is 5.92. The van der Waals surface area contributed by atoms with E-state index in [0.29, 0.717) is 0 Å². The van der Waals surface area contributed by atoms with Crippen molar-refractivity contribution in [1.29, 1.82) is 0 Å². The van der Waals surface area contributed by atoms with Crippen molar-refractivity contribution in [3.8, 4) is 0 Å². The molecule has 1 aromatic carbocycles. The van der Waals surface area contributed by atoms with Crippen molar-refractivity contribution in [2.24, 2.45) is 0 Å². The number of benzene rings is 1. The first-order valence-electron chi connectivity index (χ1n) is 7.88. The summed E-state index contributed by atoms with van der Waals surface area (Å²) in [6.07, 6.45) is 8.63. The van der Waals surface area contributed by atoms with Gasteiger partial charge < -0.3 is 5.32 Å². The van der Waals surface area contributed by atoms with Crippen molar-refractivity contribution in [2.45, 2.75) is 64.8 Å². The molecule has 1 rings (SSSR count). The van der Waals surface area contributed by atoms with Gasteiger partial charge in [-0.2, -0.15) is 0 Å². The summed E-state index contributed by atoms with van der Waals surface area (Å²) >= 11 is 3.48. The lowest BCUT2D eigenvalue weighted by Crippen LogP contribution is -2.22. The molecular weight excluding hydrogens is 317 g/mol. The first kappa shape index (κ1) is 17.6. The number of halogens is 2. The Bertz CT molecular complexity index is 361. The van der Waals surface area contributed by atoms with Crippen LogP contribution < -0.4 is 5.32 Å². The van der Waals surface area contributed by atoms with Crippen molar-refractivity contribution in [2.75, 3.05) is 6.54 Å². The second kappa shape index (κ2) is 10.3. The van der Waals surface area contributed by atoms with Crippen LogP contribution >= 0.6 is 15.9 Å². The Labute approximate surface area is 131 Å². The van der Waals surface area contributed by atoms with E-state index in [9.17, 15) is 4.39 Å². The quantitative estimate of drug-likeness (QED) is 0.514. The molecule has 20 heavy (non-hydrogen) atoms. The molecule has 0 amide bonds. The maximum atomic E-state index is 14.0. The number of unbranched alkanes of at least 4 members (excludes halogenated alkanes) is 5. The average molecular weight is 344 g/mol. The van der Waals surface area contributed by atoms with E-state index >= 15 is 0 Å². The molecule has 1 N–H and O–H groups in total. The van der Waals surface area contributed by atoms with Crippen molar-refractivity contribution in [3.63, 3.8) is 0 Å². The Morgan fingerprint density at radius 1 is 1.10 bits per heavy atom. The van der Waals surface area contributed by atoms with E-state index in [4.69, 9.17) is 0 Å². The Kier molecular flexibility index (Phi) is 9.12. The van der Waals surface area contributed by atoms with Gasteiger partial charge in [0.2, 0.25) is 0 Å². The van der Waals surface area contributed by atoms with Crippen LogP contribution in [0.1, 0.15) is 70.4 Å². The fourth-order valence-corrected chi connectivity index (χ4v) is 3.19. The lowest BCUT2D eigenvalue weighted by molar-refractivity contribution is 0.456. The third-order valence-electron chi connectivity index (χ3n) is 3.65. The van der Waals surface area contributed by atoms with Gasteiger partial charge in [-0.3, -0.25) is 0 Å². The van der Waals surface area contributed by atoms with Gasteiger partial charge in [-0.1, -0.05) is 74.4 Å². The summed E-state index contributed by atoms with van der Waals surface area (Å²) in [5.74, 6) is -0.115. The maximum Gasteiger partial charge on any atom is 0.129 e. The second-order valence-electron chi connectivity index (χ2n) is 5.30. The summed E-state index contributed by atoms with van der Waals surface area (Å²) in [5, 5.41) is 3.41. The number of hydrogen-bond acceptors (Lipinski definition) is 1. The summed E-state index contributed by atoms with van der Waals surface area (Å²) < 4.78 is 14.9. The highest BCUT2D eigenvalue weighted by Crippen LogP contribution is 2.29. The molecule has 0 radical (unpaired) electrons. The number of nitrogens with one attached hydrogen (secondary N) is 1. The normalized spacial score (nSPS) is 12.6. The van der Waals surface area contributed by atoms with E-state index in [1.807, 2.05) is 6.07 Å². The number of hydrogen-bond donors (Lipinski definition) is 1. The highest BCUT2D eigenvalue weighted by molar-refractivity contribution is 9.10. The summed E-state index contributed by atoms with van der Waals surface area (Å²) in [4.78, 5) is 0. The highest BCUT2D eigenvalue weighted by atomic mass is 79.9. The minimum atomic E-state index is -0.115. The van der Waals surface area contributed by atoms with Gasteiger partial charge in [0.05, 0.1) is 0 Å². The summed E-state index contributed by atoms with van der Waals surface area (Å²) in [5.41, 5.74) is 0.780. The Balaban J connectivity index is 2.52. The zero-order chi connectivity index (χ0) is 14.8. The first-order valence-corrected chi connectivity index (χ1v) is 8.67. The van der Waals surface area contributed by atoms with Crippen LogP contribution in [0.15, 0.2) is 22.7 Å². The molecule has 1 aromatic rings. The largest absolute Gasteiger partial charge is 0.310 e. The van der Waals surface area contributed by atoms with Crippen LogP contribution in [0.2, 0.25) is 0 Å². The predicted octanol–water partition coefficient (Wildman–Crippen LogP) is 5.99. The molecule has 0 aliphatic heterocycles. The Morgan fingerprint density at radius 3 is 2.45 bits per heavy atom. The fraction of sp³-hybridized carbons (Fsp3) is 0.647. The van der Waals surface area contributed by atoms with Crippen molar-refractivity contribution >= 4 is 15.9 Å². The van der Waals surface area contributed by atoms with Crippen LogP contribution in [0.5, 0.6) is 0 Å². The minimum absolute atomic E-state index is 0.113. The van der Waals surface area contributed by atoms with Gasteiger partial charge in [-0.05, 0) is 25.1 Å². The molecule has 1 nitrogen and oxygen atoms in total. The fourth-order valence-electron chi connectivity index (χ4n) is 2.57. The van der Waals surface area contributed by atoms with Gasteiger partial charge in [-0.25, -0.2) is 4.39 Å². The molecule has 1 atom stereocenters. The number of rotatable bonds is 10. The van der Waals surface area contributed by atoms with Gasteiger partial charge in [0.1, 0.15) is 5.82 Å². The van der Waals surface area contributed by atoms with Crippen LogP contribution in [-0.2, 0) is 0 Å². The van der Waals surface area contributed by atoms with Crippen LogP contribution in [0, 0.1) is 5.82 Å². The standard InChI is InChI=1S/C17H27BrFN/c1-3-5-6-7-8-9-13-16(20-4-2)17-14(18)11-10-12-15(17)19/h10-12,16,20H,3-9,13H2,1-2H3. The van der Waals surface area contributed by atoms with Gasteiger partial charge in [0.25, 0.3) is 0 Å². The van der Waals surface area contributed by atoms with E-state index < -0.39 is 0 Å². The van der Waals surface area contributed by atoms with E-state index in [0.717, 1.165) is 29.4 Å². The molecule has 1 unspecified atom stereocenters. The zero-order valence-electron chi connectivity index (χ0n) is 12.7. The predicted molar refractivity (Wildman–Crippen MR) is 88.5 cm³/mol. The zero-order valence-corrected chi connectivity index (χ0v) is 14.3. The Morgan fingerprint density at radius 2 is 1.80 bits per heavy atom. The highest BCUT2D eigenvalue weighted by Gasteiger charge is 2.17. The van der Waals surface area contributed by atoms with Crippen molar-refractivity contribution < 1.29 is 4.39 Å². The molecule has 0 fully saturated rings. The molecule has 114 valence electrons. The van der Waals surface area contributed by atoms with Gasteiger partial charge in [0, 0.05) is 16.1 Å². The lowest BCUT2D eigenvalue weighted by atomic mass is 9.99. The van der Waals surface area contributed by atoms with Crippen molar-refractivity contribution in [1.82, 2.24) is 5.32 Å². The maximum absolute atomic E-state index is 14.0. The third-order valence-corrected chi connectivity index (χ3v) is 4.34.